The lowest BCUT2D eigenvalue weighted by atomic mass is 9.81. The Kier molecular flexibility index (Phi) is 7.14. The number of nitrogens with zero attached hydrogens (tertiary/aromatic N) is 3. The molecule has 0 saturated carbocycles. The summed E-state index contributed by atoms with van der Waals surface area (Å²) in [4.78, 5) is 13.1. The van der Waals surface area contributed by atoms with E-state index in [4.69, 9.17) is 9.97 Å². The Hall–Kier alpha value is -6.32. The smallest absolute Gasteiger partial charge is 0.160 e. The number of benzene rings is 7. The van der Waals surface area contributed by atoms with Crippen molar-refractivity contribution in [1.29, 1.82) is 0 Å². The summed E-state index contributed by atoms with van der Waals surface area (Å²) in [7, 11) is 2.15. The lowest BCUT2D eigenvalue weighted by Crippen LogP contribution is -2.23. The monoisotopic (exact) mass is 667 g/mol. The first kappa shape index (κ1) is 30.5. The van der Waals surface area contributed by atoms with Crippen LogP contribution in [0.5, 0.6) is 0 Å². The average Bonchev–Trinajstić information content (AvgIpc) is 3.20. The fraction of sp³-hybridized carbons (Fsp3) is 0.102. The molecule has 1 aliphatic heterocycles. The first-order valence-electron chi connectivity index (χ1n) is 18.2. The molecule has 52 heavy (non-hydrogen) atoms. The van der Waals surface area contributed by atoms with Gasteiger partial charge in [-0.3, -0.25) is 0 Å². The largest absolute Gasteiger partial charge is 0.369 e. The lowest BCUT2D eigenvalue weighted by Gasteiger charge is -2.32. The van der Waals surface area contributed by atoms with Crippen molar-refractivity contribution >= 4 is 44.5 Å². The molecule has 248 valence electrons. The fourth-order valence-electron chi connectivity index (χ4n) is 8.58. The Labute approximate surface area is 304 Å². The number of hydrogen-bond acceptors (Lipinski definition) is 3. The molecule has 0 N–H and O–H groups in total. The molecule has 10 rings (SSSR count). The van der Waals surface area contributed by atoms with Crippen molar-refractivity contribution in [3.63, 3.8) is 0 Å². The van der Waals surface area contributed by atoms with Gasteiger partial charge in [0.05, 0.1) is 17.4 Å². The molecule has 0 fully saturated rings. The SMILES string of the molecule is CC1CC=Cc2c(-c3cc(-c4cc5ccccc5c5ccccc45)nc(-c4ccc(C5c6ccccc6C=CN5C)cc4)n3)cc3ccccc3c21. The van der Waals surface area contributed by atoms with Gasteiger partial charge in [-0.15, -0.1) is 0 Å². The Morgan fingerprint density at radius 1 is 0.596 bits per heavy atom. The molecular formula is C49H37N3. The summed E-state index contributed by atoms with van der Waals surface area (Å²) in [5.74, 6) is 1.14. The summed E-state index contributed by atoms with van der Waals surface area (Å²) in [5.41, 5.74) is 11.6. The highest BCUT2D eigenvalue weighted by molar-refractivity contribution is 6.13. The van der Waals surface area contributed by atoms with Crippen LogP contribution in [-0.2, 0) is 0 Å². The van der Waals surface area contributed by atoms with E-state index in [1.54, 1.807) is 0 Å². The quantitative estimate of drug-likeness (QED) is 0.175. The van der Waals surface area contributed by atoms with Crippen LogP contribution in [-0.4, -0.2) is 21.9 Å². The minimum atomic E-state index is 0.139. The molecule has 2 unspecified atom stereocenters. The van der Waals surface area contributed by atoms with Gasteiger partial charge in [-0.1, -0.05) is 140 Å². The van der Waals surface area contributed by atoms with Crippen LogP contribution >= 0.6 is 0 Å². The van der Waals surface area contributed by atoms with Crippen molar-refractivity contribution in [2.75, 3.05) is 7.05 Å². The molecule has 0 spiro atoms. The molecule has 2 heterocycles. The summed E-state index contributed by atoms with van der Waals surface area (Å²) < 4.78 is 0. The summed E-state index contributed by atoms with van der Waals surface area (Å²) in [5, 5.41) is 7.44. The van der Waals surface area contributed by atoms with Gasteiger partial charge in [0.15, 0.2) is 5.82 Å². The van der Waals surface area contributed by atoms with Crippen LogP contribution in [0.2, 0.25) is 0 Å². The first-order chi connectivity index (χ1) is 25.6. The Balaban J connectivity index is 1.20. The van der Waals surface area contributed by atoms with Crippen LogP contribution in [0.3, 0.4) is 0 Å². The maximum Gasteiger partial charge on any atom is 0.160 e. The fourth-order valence-corrected chi connectivity index (χ4v) is 8.58. The maximum atomic E-state index is 5.41. The van der Waals surface area contributed by atoms with Crippen molar-refractivity contribution in [3.8, 4) is 33.9 Å². The van der Waals surface area contributed by atoms with Crippen LogP contribution in [0, 0.1) is 0 Å². The molecule has 2 atom stereocenters. The van der Waals surface area contributed by atoms with Crippen LogP contribution in [0.1, 0.15) is 53.1 Å². The minimum absolute atomic E-state index is 0.139. The normalized spacial score (nSPS) is 16.4. The molecule has 2 aliphatic rings. The second-order valence-electron chi connectivity index (χ2n) is 14.3. The number of hydrogen-bond donors (Lipinski definition) is 0. The molecule has 0 bridgehead atoms. The van der Waals surface area contributed by atoms with E-state index in [-0.39, 0.29) is 6.04 Å². The van der Waals surface area contributed by atoms with Gasteiger partial charge in [-0.2, -0.15) is 0 Å². The highest BCUT2D eigenvalue weighted by Crippen LogP contribution is 2.43. The van der Waals surface area contributed by atoms with Gasteiger partial charge in [0.1, 0.15) is 0 Å². The van der Waals surface area contributed by atoms with E-state index in [1.165, 1.54) is 60.1 Å². The molecule has 0 saturated heterocycles. The molecule has 1 aromatic heterocycles. The van der Waals surface area contributed by atoms with E-state index in [0.29, 0.717) is 5.92 Å². The van der Waals surface area contributed by atoms with E-state index in [0.717, 1.165) is 40.3 Å². The van der Waals surface area contributed by atoms with E-state index >= 15 is 0 Å². The minimum Gasteiger partial charge on any atom is -0.369 e. The Morgan fingerprint density at radius 3 is 2.04 bits per heavy atom. The van der Waals surface area contributed by atoms with Crippen LogP contribution in [0.4, 0.5) is 0 Å². The third-order valence-corrected chi connectivity index (χ3v) is 11.1. The van der Waals surface area contributed by atoms with Crippen LogP contribution < -0.4 is 0 Å². The van der Waals surface area contributed by atoms with Crippen molar-refractivity contribution in [3.05, 3.63) is 180 Å². The van der Waals surface area contributed by atoms with Crippen molar-refractivity contribution < 1.29 is 0 Å². The van der Waals surface area contributed by atoms with Crippen LogP contribution in [0.15, 0.2) is 152 Å². The van der Waals surface area contributed by atoms with E-state index in [2.05, 4.69) is 183 Å². The van der Waals surface area contributed by atoms with E-state index < -0.39 is 0 Å². The number of fused-ring (bicyclic) bond motifs is 7. The van der Waals surface area contributed by atoms with Crippen molar-refractivity contribution in [2.24, 2.45) is 0 Å². The molecule has 3 heteroatoms. The number of aromatic nitrogens is 2. The van der Waals surface area contributed by atoms with E-state index in [1.807, 2.05) is 0 Å². The van der Waals surface area contributed by atoms with Gasteiger partial charge in [0, 0.05) is 29.9 Å². The second kappa shape index (κ2) is 12.2. The van der Waals surface area contributed by atoms with Gasteiger partial charge in [-0.25, -0.2) is 9.97 Å². The topological polar surface area (TPSA) is 29.0 Å². The van der Waals surface area contributed by atoms with Gasteiger partial charge in [0.2, 0.25) is 0 Å². The van der Waals surface area contributed by atoms with Gasteiger partial charge >= 0.3 is 0 Å². The maximum absolute atomic E-state index is 5.41. The van der Waals surface area contributed by atoms with Gasteiger partial charge in [-0.05, 0) is 96.7 Å². The summed E-state index contributed by atoms with van der Waals surface area (Å²) >= 11 is 0. The lowest BCUT2D eigenvalue weighted by molar-refractivity contribution is 0.381. The van der Waals surface area contributed by atoms with Crippen LogP contribution in [0.25, 0.3) is 78.4 Å². The number of rotatable bonds is 4. The van der Waals surface area contributed by atoms with Gasteiger partial charge in [0.25, 0.3) is 0 Å². The second-order valence-corrected chi connectivity index (χ2v) is 14.3. The standard InChI is InChI=1S/C49H37N3/c1-31-12-11-21-42-44(29-36-15-5-7-17-38(36)47(31)42)46-30-45(43-28-35-14-4-6-16-37(35)40-19-9-10-20-41(40)43)50-49(51-46)34-24-22-33(23-25-34)48-39-18-8-3-13-32(39)26-27-52(48)2/h3-11,13-31,48H,12H2,1-2H3. The molecular weight excluding hydrogens is 631 g/mol. The zero-order chi connectivity index (χ0) is 34.8. The zero-order valence-electron chi connectivity index (χ0n) is 29.3. The highest BCUT2D eigenvalue weighted by Gasteiger charge is 2.24. The third-order valence-electron chi connectivity index (χ3n) is 11.1. The van der Waals surface area contributed by atoms with Gasteiger partial charge < -0.3 is 4.90 Å². The summed E-state index contributed by atoms with van der Waals surface area (Å²) in [6.07, 6.45) is 10.0. The molecule has 1 aliphatic carbocycles. The first-order valence-corrected chi connectivity index (χ1v) is 18.2. The molecule has 0 amide bonds. The summed E-state index contributed by atoms with van der Waals surface area (Å²) in [6, 6.07) is 50.7. The average molecular weight is 668 g/mol. The molecule has 3 nitrogen and oxygen atoms in total. The highest BCUT2D eigenvalue weighted by atomic mass is 15.1. The zero-order valence-corrected chi connectivity index (χ0v) is 29.3. The van der Waals surface area contributed by atoms with Crippen molar-refractivity contribution in [2.45, 2.75) is 25.3 Å². The Bertz CT molecular complexity index is 2760. The molecule has 8 aromatic rings. The molecule has 7 aromatic carbocycles. The predicted octanol–water partition coefficient (Wildman–Crippen LogP) is 12.5. The Morgan fingerprint density at radius 2 is 1.23 bits per heavy atom. The number of allylic oxidation sites excluding steroid dienone is 1. The summed E-state index contributed by atoms with van der Waals surface area (Å²) in [6.45, 7) is 2.34. The third kappa shape index (κ3) is 4.96. The predicted molar refractivity (Wildman–Crippen MR) is 218 cm³/mol. The van der Waals surface area contributed by atoms with E-state index in [9.17, 15) is 0 Å². The van der Waals surface area contributed by atoms with Crippen molar-refractivity contribution in [1.82, 2.24) is 14.9 Å². The molecule has 0 radical (unpaired) electrons.